The van der Waals surface area contributed by atoms with Crippen LogP contribution < -0.4 is 11.1 Å². The first-order valence-electron chi connectivity index (χ1n) is 6.11. The molecule has 0 aromatic carbocycles. The van der Waals surface area contributed by atoms with Crippen LogP contribution in [0, 0.1) is 5.92 Å². The lowest BCUT2D eigenvalue weighted by Gasteiger charge is -2.39. The number of nitrogens with one attached hydrogen (secondary N) is 1. The molecule has 0 aliphatic carbocycles. The molecular weight excluding hydrogens is 204 g/mol. The summed E-state index contributed by atoms with van der Waals surface area (Å²) in [4.78, 5) is 0. The molecule has 90 valence electrons. The van der Waals surface area contributed by atoms with Gasteiger partial charge in [0.05, 0.1) is 12.4 Å². The molecule has 0 amide bonds. The van der Waals surface area contributed by atoms with Gasteiger partial charge in [-0.25, -0.2) is 0 Å². The van der Waals surface area contributed by atoms with E-state index < -0.39 is 8.32 Å². The Bertz CT molecular complexity index is 199. The summed E-state index contributed by atoms with van der Waals surface area (Å²) in [6.07, 6.45) is 2.64. The molecule has 1 rings (SSSR count). The number of hydrogen-bond donors (Lipinski definition) is 2. The monoisotopic (exact) mass is 230 g/mol. The van der Waals surface area contributed by atoms with Crippen molar-refractivity contribution in [2.45, 2.75) is 64.6 Å². The topological polar surface area (TPSA) is 47.3 Å². The molecule has 4 heteroatoms. The Morgan fingerprint density at radius 3 is 2.67 bits per heavy atom. The fourth-order valence-corrected chi connectivity index (χ4v) is 6.52. The average molecular weight is 230 g/mol. The summed E-state index contributed by atoms with van der Waals surface area (Å²) in [5.74, 6) is 0.746. The molecule has 3 nitrogen and oxygen atoms in total. The zero-order valence-corrected chi connectivity index (χ0v) is 11.5. The van der Waals surface area contributed by atoms with Gasteiger partial charge in [0.2, 0.25) is 0 Å². The van der Waals surface area contributed by atoms with E-state index >= 15 is 0 Å². The molecule has 3 N–H and O–H groups in total. The molecular formula is C11H26N2OSi. The summed E-state index contributed by atoms with van der Waals surface area (Å²) >= 11 is 0. The predicted octanol–water partition coefficient (Wildman–Crippen LogP) is 2.25. The highest BCUT2D eigenvalue weighted by molar-refractivity contribution is 6.72. The van der Waals surface area contributed by atoms with Gasteiger partial charge in [-0.3, -0.25) is 5.32 Å². The van der Waals surface area contributed by atoms with Crippen molar-refractivity contribution >= 4 is 8.32 Å². The van der Waals surface area contributed by atoms with Crippen molar-refractivity contribution in [3.8, 4) is 0 Å². The van der Waals surface area contributed by atoms with E-state index in [-0.39, 0.29) is 12.4 Å². The molecule has 1 heterocycles. The zero-order chi connectivity index (χ0) is 11.5. The minimum absolute atomic E-state index is 0.0328. The molecule has 0 aromatic rings. The molecule has 0 bridgehead atoms. The molecule has 3 unspecified atom stereocenters. The van der Waals surface area contributed by atoms with Gasteiger partial charge in [-0.05, 0) is 44.3 Å². The van der Waals surface area contributed by atoms with Gasteiger partial charge in [-0.1, -0.05) is 13.8 Å². The van der Waals surface area contributed by atoms with Crippen LogP contribution in [0.1, 0.15) is 33.6 Å². The Morgan fingerprint density at radius 2 is 2.13 bits per heavy atom. The highest BCUT2D eigenvalue weighted by atomic mass is 28.4. The van der Waals surface area contributed by atoms with Crippen LogP contribution in [0.3, 0.4) is 0 Å². The zero-order valence-electron chi connectivity index (χ0n) is 10.5. The van der Waals surface area contributed by atoms with Gasteiger partial charge in [-0.2, -0.15) is 0 Å². The highest BCUT2D eigenvalue weighted by Gasteiger charge is 2.36. The van der Waals surface area contributed by atoms with E-state index in [9.17, 15) is 0 Å². The average Bonchev–Trinajstić information content (AvgIpc) is 1.99. The van der Waals surface area contributed by atoms with E-state index in [1.807, 2.05) is 6.92 Å². The van der Waals surface area contributed by atoms with Gasteiger partial charge in [0, 0.05) is 0 Å². The standard InChI is InChI=1S/C11H26N2OSi/c1-9(2)8-15(4)7-5-6-11(14-15)13-10(3)12/h9-11,13H,5-8,12H2,1-4H3. The third-order valence-electron chi connectivity index (χ3n) is 2.89. The van der Waals surface area contributed by atoms with E-state index in [0.717, 1.165) is 12.3 Å². The molecule has 3 atom stereocenters. The van der Waals surface area contributed by atoms with Crippen molar-refractivity contribution in [2.75, 3.05) is 0 Å². The van der Waals surface area contributed by atoms with Crippen molar-refractivity contribution in [1.82, 2.24) is 5.32 Å². The van der Waals surface area contributed by atoms with Crippen LogP contribution in [0.4, 0.5) is 0 Å². The van der Waals surface area contributed by atoms with E-state index in [0.29, 0.717) is 0 Å². The van der Waals surface area contributed by atoms with Crippen LogP contribution in [0.15, 0.2) is 0 Å². The Kier molecular flexibility index (Phi) is 4.77. The van der Waals surface area contributed by atoms with Gasteiger partial charge < -0.3 is 10.2 Å². The summed E-state index contributed by atoms with van der Waals surface area (Å²) in [7, 11) is -1.45. The van der Waals surface area contributed by atoms with E-state index in [2.05, 4.69) is 25.7 Å². The van der Waals surface area contributed by atoms with Crippen molar-refractivity contribution < 1.29 is 4.43 Å². The second-order valence-electron chi connectivity index (χ2n) is 5.50. The third kappa shape index (κ3) is 4.63. The lowest BCUT2D eigenvalue weighted by molar-refractivity contribution is 0.112. The normalized spacial score (nSPS) is 34.4. The Balaban J connectivity index is 2.46. The van der Waals surface area contributed by atoms with Crippen LogP contribution in [-0.2, 0) is 4.43 Å². The molecule has 0 saturated carbocycles. The number of rotatable bonds is 4. The van der Waals surface area contributed by atoms with E-state index in [1.165, 1.54) is 18.5 Å². The lowest BCUT2D eigenvalue weighted by Crippen LogP contribution is -2.52. The minimum Gasteiger partial charge on any atom is -0.402 e. The van der Waals surface area contributed by atoms with Gasteiger partial charge in [0.25, 0.3) is 0 Å². The highest BCUT2D eigenvalue weighted by Crippen LogP contribution is 2.30. The number of hydrogen-bond acceptors (Lipinski definition) is 3. The smallest absolute Gasteiger partial charge is 0.192 e. The van der Waals surface area contributed by atoms with Crippen molar-refractivity contribution in [3.63, 3.8) is 0 Å². The SMILES string of the molecule is CC(C)C[Si]1(C)CCCC(NC(C)N)O1. The first-order valence-corrected chi connectivity index (χ1v) is 8.93. The Morgan fingerprint density at radius 1 is 1.47 bits per heavy atom. The van der Waals surface area contributed by atoms with Crippen LogP contribution in [0.25, 0.3) is 0 Å². The van der Waals surface area contributed by atoms with Crippen LogP contribution in [0.2, 0.25) is 18.6 Å². The predicted molar refractivity (Wildman–Crippen MR) is 67.0 cm³/mol. The molecule has 1 saturated heterocycles. The summed E-state index contributed by atoms with van der Waals surface area (Å²) in [6.45, 7) is 8.90. The van der Waals surface area contributed by atoms with Crippen LogP contribution in [-0.4, -0.2) is 20.7 Å². The Labute approximate surface area is 94.9 Å². The molecule has 1 aliphatic heterocycles. The third-order valence-corrected chi connectivity index (χ3v) is 6.83. The molecule has 0 radical (unpaired) electrons. The molecule has 1 aliphatic rings. The summed E-state index contributed by atoms with van der Waals surface area (Å²) < 4.78 is 6.24. The summed E-state index contributed by atoms with van der Waals surface area (Å²) in [6, 6.07) is 2.58. The van der Waals surface area contributed by atoms with Crippen molar-refractivity contribution in [3.05, 3.63) is 0 Å². The van der Waals surface area contributed by atoms with Crippen molar-refractivity contribution in [1.29, 1.82) is 0 Å². The maximum Gasteiger partial charge on any atom is 0.192 e. The second kappa shape index (κ2) is 5.43. The Hall–Kier alpha value is 0.0969. The fraction of sp³-hybridized carbons (Fsp3) is 1.00. The van der Waals surface area contributed by atoms with Gasteiger partial charge in [0.15, 0.2) is 8.32 Å². The molecule has 1 fully saturated rings. The maximum absolute atomic E-state index is 6.24. The maximum atomic E-state index is 6.24. The largest absolute Gasteiger partial charge is 0.402 e. The van der Waals surface area contributed by atoms with Gasteiger partial charge >= 0.3 is 0 Å². The fourth-order valence-electron chi connectivity index (χ4n) is 2.55. The van der Waals surface area contributed by atoms with Gasteiger partial charge in [-0.15, -0.1) is 0 Å². The van der Waals surface area contributed by atoms with Gasteiger partial charge in [0.1, 0.15) is 0 Å². The second-order valence-corrected chi connectivity index (χ2v) is 9.55. The quantitative estimate of drug-likeness (QED) is 0.575. The molecule has 0 spiro atoms. The number of nitrogens with two attached hydrogens (primary N) is 1. The lowest BCUT2D eigenvalue weighted by atomic mass is 10.3. The first-order chi connectivity index (χ1) is 6.91. The molecule has 0 aromatic heterocycles. The molecule has 15 heavy (non-hydrogen) atoms. The summed E-state index contributed by atoms with van der Waals surface area (Å²) in [5.41, 5.74) is 5.74. The van der Waals surface area contributed by atoms with Crippen LogP contribution in [0.5, 0.6) is 0 Å². The van der Waals surface area contributed by atoms with Crippen molar-refractivity contribution in [2.24, 2.45) is 11.7 Å². The van der Waals surface area contributed by atoms with E-state index in [4.69, 9.17) is 10.2 Å². The first kappa shape index (κ1) is 13.2. The summed E-state index contributed by atoms with van der Waals surface area (Å²) in [5, 5.41) is 3.30. The van der Waals surface area contributed by atoms with Crippen LogP contribution >= 0.6 is 0 Å². The van der Waals surface area contributed by atoms with E-state index in [1.54, 1.807) is 0 Å². The minimum atomic E-state index is -1.45.